The van der Waals surface area contributed by atoms with Gasteiger partial charge < -0.3 is 10.1 Å². The van der Waals surface area contributed by atoms with Gasteiger partial charge >= 0.3 is 0 Å². The maximum Gasteiger partial charge on any atom is 0.265 e. The van der Waals surface area contributed by atoms with Gasteiger partial charge in [-0.25, -0.2) is 0 Å². The molecule has 0 bridgehead atoms. The number of carbonyl (C=O) groups is 1. The smallest absolute Gasteiger partial charge is 0.265 e. The summed E-state index contributed by atoms with van der Waals surface area (Å²) in [4.78, 5) is 15.1. The van der Waals surface area contributed by atoms with Crippen molar-refractivity contribution in [2.45, 2.75) is 51.9 Å². The quantitative estimate of drug-likeness (QED) is 0.901. The van der Waals surface area contributed by atoms with Crippen LogP contribution in [0.1, 0.15) is 36.5 Å². The molecule has 0 radical (unpaired) electrons. The van der Waals surface area contributed by atoms with Gasteiger partial charge in [-0.2, -0.15) is 0 Å². The van der Waals surface area contributed by atoms with Crippen LogP contribution in [0.15, 0.2) is 42.5 Å². The minimum Gasteiger partial charge on any atom is -0.481 e. The van der Waals surface area contributed by atoms with Crippen molar-refractivity contribution in [3.8, 4) is 5.75 Å². The molecule has 0 saturated heterocycles. The van der Waals surface area contributed by atoms with Crippen LogP contribution in [0.3, 0.4) is 0 Å². The summed E-state index contributed by atoms with van der Waals surface area (Å²) in [6, 6.07) is 14.7. The van der Waals surface area contributed by atoms with Crippen molar-refractivity contribution in [2.75, 3.05) is 5.32 Å². The number of amides is 1. The Morgan fingerprint density at radius 1 is 1.16 bits per heavy atom. The van der Waals surface area contributed by atoms with Crippen LogP contribution in [0.5, 0.6) is 5.75 Å². The van der Waals surface area contributed by atoms with Crippen molar-refractivity contribution in [3.05, 3.63) is 59.2 Å². The summed E-state index contributed by atoms with van der Waals surface area (Å²) in [5.41, 5.74) is 4.68. The van der Waals surface area contributed by atoms with Crippen LogP contribution < -0.4 is 10.1 Å². The largest absolute Gasteiger partial charge is 0.481 e. The minimum absolute atomic E-state index is 0.112. The summed E-state index contributed by atoms with van der Waals surface area (Å²) in [6.45, 7) is 5.75. The van der Waals surface area contributed by atoms with Crippen molar-refractivity contribution in [1.82, 2.24) is 4.90 Å². The van der Waals surface area contributed by atoms with Gasteiger partial charge in [0, 0.05) is 24.8 Å². The third-order valence-corrected chi connectivity index (χ3v) is 5.03. The second kappa shape index (κ2) is 6.52. The van der Waals surface area contributed by atoms with Crippen molar-refractivity contribution in [2.24, 2.45) is 0 Å². The lowest BCUT2D eigenvalue weighted by Gasteiger charge is -2.17. The normalized spacial score (nSPS) is 17.8. The highest BCUT2D eigenvalue weighted by atomic mass is 16.5. The van der Waals surface area contributed by atoms with Gasteiger partial charge in [-0.15, -0.1) is 0 Å². The van der Waals surface area contributed by atoms with E-state index >= 15 is 0 Å². The molecule has 1 amide bonds. The van der Waals surface area contributed by atoms with E-state index in [1.807, 2.05) is 43.3 Å². The van der Waals surface area contributed by atoms with Gasteiger partial charge in [0.1, 0.15) is 5.75 Å². The average molecular weight is 336 g/mol. The zero-order chi connectivity index (χ0) is 17.4. The fourth-order valence-electron chi connectivity index (χ4n) is 3.37. The Morgan fingerprint density at radius 2 is 1.92 bits per heavy atom. The monoisotopic (exact) mass is 336 g/mol. The Hall–Kier alpha value is -2.33. The van der Waals surface area contributed by atoms with E-state index in [4.69, 9.17) is 4.74 Å². The van der Waals surface area contributed by atoms with Crippen molar-refractivity contribution < 1.29 is 9.53 Å². The molecule has 0 unspecified atom stereocenters. The minimum atomic E-state index is -0.542. The first-order valence-corrected chi connectivity index (χ1v) is 8.99. The van der Waals surface area contributed by atoms with Gasteiger partial charge in [0.05, 0.1) is 0 Å². The van der Waals surface area contributed by atoms with E-state index in [0.717, 1.165) is 24.8 Å². The maximum atomic E-state index is 12.6. The van der Waals surface area contributed by atoms with Crippen molar-refractivity contribution in [3.63, 3.8) is 0 Å². The second-order valence-electron chi connectivity index (χ2n) is 7.14. The molecule has 1 N–H and O–H groups in total. The molecule has 1 fully saturated rings. The van der Waals surface area contributed by atoms with E-state index in [2.05, 4.69) is 16.3 Å². The predicted octanol–water partition coefficient (Wildman–Crippen LogP) is 3.88. The lowest BCUT2D eigenvalue weighted by Crippen LogP contribution is -2.30. The van der Waals surface area contributed by atoms with Crippen LogP contribution in [0.2, 0.25) is 0 Å². The zero-order valence-corrected chi connectivity index (χ0v) is 14.8. The Labute approximate surface area is 148 Å². The summed E-state index contributed by atoms with van der Waals surface area (Å²) in [5, 5.41) is 3.06. The molecule has 1 heterocycles. The number of fused-ring (bicyclic) bond motifs is 1. The number of hydrogen-bond acceptors (Lipinski definition) is 3. The fourth-order valence-corrected chi connectivity index (χ4v) is 3.37. The molecule has 4 heteroatoms. The SMILES string of the molecule is Cc1ccc(O[C@H](C)C(=O)Nc2cccc3c2CN(C2CC2)C3)cc1. The first-order chi connectivity index (χ1) is 12.1. The van der Waals surface area contributed by atoms with E-state index < -0.39 is 6.10 Å². The number of hydrogen-bond donors (Lipinski definition) is 1. The standard InChI is InChI=1S/C21H24N2O2/c1-14-6-10-18(11-7-14)25-15(2)21(24)22-20-5-3-4-16-12-23(13-19(16)20)17-8-9-17/h3-7,10-11,15,17H,8-9,12-13H2,1-2H3,(H,22,24)/t15-/m1/s1. The van der Waals surface area contributed by atoms with Gasteiger partial charge in [-0.1, -0.05) is 29.8 Å². The molecule has 4 rings (SSSR count). The predicted molar refractivity (Wildman–Crippen MR) is 98.6 cm³/mol. The summed E-state index contributed by atoms with van der Waals surface area (Å²) in [5.74, 6) is 0.602. The molecule has 1 aliphatic carbocycles. The van der Waals surface area contributed by atoms with E-state index in [0.29, 0.717) is 5.75 Å². The average Bonchev–Trinajstić information content (AvgIpc) is 3.36. The molecule has 1 atom stereocenters. The molecule has 1 aliphatic heterocycles. The molecule has 2 aromatic carbocycles. The lowest BCUT2D eigenvalue weighted by atomic mass is 10.1. The van der Waals surface area contributed by atoms with Gasteiger partial charge in [0.2, 0.25) is 0 Å². The summed E-state index contributed by atoms with van der Waals surface area (Å²) >= 11 is 0. The molecule has 2 aromatic rings. The zero-order valence-electron chi connectivity index (χ0n) is 14.8. The Balaban J connectivity index is 1.43. The Bertz CT molecular complexity index is 781. The summed E-state index contributed by atoms with van der Waals surface area (Å²) < 4.78 is 5.77. The van der Waals surface area contributed by atoms with E-state index in [9.17, 15) is 4.79 Å². The number of rotatable bonds is 5. The van der Waals surface area contributed by atoms with Crippen molar-refractivity contribution in [1.29, 1.82) is 0 Å². The highest BCUT2D eigenvalue weighted by molar-refractivity contribution is 5.95. The number of nitrogens with one attached hydrogen (secondary N) is 1. The van der Waals surface area contributed by atoms with E-state index in [-0.39, 0.29) is 5.91 Å². The van der Waals surface area contributed by atoms with Crippen LogP contribution in [-0.4, -0.2) is 23.0 Å². The van der Waals surface area contributed by atoms with Crippen LogP contribution in [0.25, 0.3) is 0 Å². The van der Waals surface area contributed by atoms with Crippen LogP contribution in [0.4, 0.5) is 5.69 Å². The van der Waals surface area contributed by atoms with Gasteiger partial charge in [-0.05, 0) is 56.0 Å². The first kappa shape index (κ1) is 16.2. The third-order valence-electron chi connectivity index (χ3n) is 5.03. The van der Waals surface area contributed by atoms with Gasteiger partial charge in [0.15, 0.2) is 6.10 Å². The van der Waals surface area contributed by atoms with Gasteiger partial charge in [-0.3, -0.25) is 9.69 Å². The maximum absolute atomic E-state index is 12.6. The highest BCUT2D eigenvalue weighted by Gasteiger charge is 2.34. The Kier molecular flexibility index (Phi) is 4.22. The number of nitrogens with zero attached hydrogens (tertiary/aromatic N) is 1. The van der Waals surface area contributed by atoms with Crippen LogP contribution in [0, 0.1) is 6.92 Å². The molecular formula is C21H24N2O2. The molecule has 25 heavy (non-hydrogen) atoms. The molecule has 0 aromatic heterocycles. The first-order valence-electron chi connectivity index (χ1n) is 8.99. The molecule has 0 spiro atoms. The number of ether oxygens (including phenoxy) is 1. The summed E-state index contributed by atoms with van der Waals surface area (Å²) in [6.07, 6.45) is 2.06. The molecule has 4 nitrogen and oxygen atoms in total. The van der Waals surface area contributed by atoms with E-state index in [1.165, 1.54) is 29.5 Å². The molecule has 130 valence electrons. The number of carbonyl (C=O) groups excluding carboxylic acids is 1. The fraction of sp³-hybridized carbons (Fsp3) is 0.381. The lowest BCUT2D eigenvalue weighted by molar-refractivity contribution is -0.122. The highest BCUT2D eigenvalue weighted by Crippen LogP contribution is 2.37. The molecule has 1 saturated carbocycles. The van der Waals surface area contributed by atoms with Crippen molar-refractivity contribution >= 4 is 11.6 Å². The number of aryl methyl sites for hydroxylation is 1. The van der Waals surface area contributed by atoms with Crippen LogP contribution >= 0.6 is 0 Å². The number of benzene rings is 2. The Morgan fingerprint density at radius 3 is 2.64 bits per heavy atom. The second-order valence-corrected chi connectivity index (χ2v) is 7.14. The topological polar surface area (TPSA) is 41.6 Å². The number of anilines is 1. The summed E-state index contributed by atoms with van der Waals surface area (Å²) in [7, 11) is 0. The van der Waals surface area contributed by atoms with Gasteiger partial charge in [0.25, 0.3) is 5.91 Å². The third kappa shape index (κ3) is 3.54. The van der Waals surface area contributed by atoms with E-state index in [1.54, 1.807) is 6.92 Å². The molecule has 2 aliphatic rings. The van der Waals surface area contributed by atoms with Crippen LogP contribution in [-0.2, 0) is 17.9 Å². The molecular weight excluding hydrogens is 312 g/mol.